The first-order valence-corrected chi connectivity index (χ1v) is 15.3. The second-order valence-corrected chi connectivity index (χ2v) is 11.7. The Bertz CT molecular complexity index is 1550. The summed E-state index contributed by atoms with van der Waals surface area (Å²) >= 11 is 5.49. The number of aromatic nitrogens is 2. The predicted octanol–water partition coefficient (Wildman–Crippen LogP) is 8.75. The van der Waals surface area contributed by atoms with E-state index < -0.39 is 11.2 Å². The van der Waals surface area contributed by atoms with Crippen LogP contribution in [0.5, 0.6) is 11.8 Å². The number of carboxylic acid groups (broad SMARTS) is 1. The maximum Gasteiger partial charge on any atom is 0.303 e. The highest BCUT2D eigenvalue weighted by molar-refractivity contribution is 6.63. The van der Waals surface area contributed by atoms with Crippen LogP contribution in [0.15, 0.2) is 60.9 Å². The van der Waals surface area contributed by atoms with E-state index in [0.717, 1.165) is 38.9 Å². The van der Waals surface area contributed by atoms with E-state index in [4.69, 9.17) is 26.2 Å². The molecule has 7 nitrogen and oxygen atoms in total. The standard InChI is InChI=1S/C18H19ClFNO2.C18H20FNO3/c1-11(2)15-9-13(20)10-16(14(15)4-5-17(19)22)12-6-7-21-18(8-12)23-3;1-11(2)15-9-13(19)10-16(14(15)4-5-18(21)22)12-6-7-20-17(8-12)23-3/h6-11H,4-5H2,1-3H3;6-11H,4-5H2,1-3H3,(H,21,22). The number of carboxylic acids is 1. The monoisotopic (exact) mass is 652 g/mol. The maximum absolute atomic E-state index is 14.1. The quantitative estimate of drug-likeness (QED) is 0.153. The topological polar surface area (TPSA) is 98.6 Å². The summed E-state index contributed by atoms with van der Waals surface area (Å²) < 4.78 is 38.4. The Labute approximate surface area is 273 Å². The molecule has 244 valence electrons. The molecule has 0 aliphatic rings. The zero-order valence-corrected chi connectivity index (χ0v) is 27.6. The Morgan fingerprint density at radius 1 is 0.739 bits per heavy atom. The molecule has 4 aromatic rings. The second-order valence-electron chi connectivity index (χ2n) is 11.3. The van der Waals surface area contributed by atoms with Crippen molar-refractivity contribution in [2.75, 3.05) is 14.2 Å². The Morgan fingerprint density at radius 2 is 1.15 bits per heavy atom. The highest BCUT2D eigenvalue weighted by Gasteiger charge is 2.18. The molecule has 0 aliphatic heterocycles. The smallest absolute Gasteiger partial charge is 0.303 e. The van der Waals surface area contributed by atoms with Gasteiger partial charge in [-0.2, -0.15) is 0 Å². The van der Waals surface area contributed by atoms with Gasteiger partial charge in [0, 0.05) is 37.4 Å². The number of pyridine rings is 2. The van der Waals surface area contributed by atoms with Crippen molar-refractivity contribution in [3.05, 3.63) is 94.8 Å². The molecule has 2 aromatic carbocycles. The van der Waals surface area contributed by atoms with Gasteiger partial charge in [0.15, 0.2) is 0 Å². The van der Waals surface area contributed by atoms with E-state index in [2.05, 4.69) is 9.97 Å². The molecule has 1 N–H and O–H groups in total. The van der Waals surface area contributed by atoms with Crippen LogP contribution >= 0.6 is 11.6 Å². The molecule has 0 saturated heterocycles. The summed E-state index contributed by atoms with van der Waals surface area (Å²) in [5.41, 5.74) is 6.50. The number of aliphatic carboxylic acids is 1. The van der Waals surface area contributed by atoms with Crippen molar-refractivity contribution in [3.63, 3.8) is 0 Å². The van der Waals surface area contributed by atoms with Crippen LogP contribution in [0.3, 0.4) is 0 Å². The number of carbonyl (C=O) groups excluding carboxylic acids is 1. The van der Waals surface area contributed by atoms with E-state index in [9.17, 15) is 18.4 Å². The van der Waals surface area contributed by atoms with Gasteiger partial charge in [0.2, 0.25) is 17.0 Å². The molecule has 46 heavy (non-hydrogen) atoms. The SMILES string of the molecule is COc1cc(-c2cc(F)cc(C(C)C)c2CCC(=O)Cl)ccn1.COc1cc(-c2cc(F)cc(C(C)C)c2CCC(=O)O)ccn1. The van der Waals surface area contributed by atoms with Crippen LogP contribution < -0.4 is 9.47 Å². The molecule has 0 bridgehead atoms. The minimum Gasteiger partial charge on any atom is -0.481 e. The summed E-state index contributed by atoms with van der Waals surface area (Å²) in [6.45, 7) is 7.93. The first-order valence-electron chi connectivity index (χ1n) is 14.9. The molecule has 0 unspecified atom stereocenters. The van der Waals surface area contributed by atoms with E-state index >= 15 is 0 Å². The van der Waals surface area contributed by atoms with Crippen molar-refractivity contribution in [2.45, 2.75) is 65.2 Å². The van der Waals surface area contributed by atoms with Crippen molar-refractivity contribution < 1.29 is 33.0 Å². The van der Waals surface area contributed by atoms with Crippen molar-refractivity contribution in [1.29, 1.82) is 0 Å². The number of rotatable bonds is 12. The van der Waals surface area contributed by atoms with Crippen molar-refractivity contribution >= 4 is 22.8 Å². The Hall–Kier alpha value is -4.37. The number of hydrogen-bond acceptors (Lipinski definition) is 6. The average molecular weight is 653 g/mol. The number of carbonyl (C=O) groups is 2. The van der Waals surface area contributed by atoms with Gasteiger partial charge in [-0.15, -0.1) is 0 Å². The van der Waals surface area contributed by atoms with Gasteiger partial charge in [-0.25, -0.2) is 18.7 Å². The highest BCUT2D eigenvalue weighted by Crippen LogP contribution is 2.35. The normalized spacial score (nSPS) is 10.8. The molecule has 4 rings (SSSR count). The lowest BCUT2D eigenvalue weighted by Gasteiger charge is -2.18. The van der Waals surface area contributed by atoms with Gasteiger partial charge in [-0.05, 0) is 117 Å². The summed E-state index contributed by atoms with van der Waals surface area (Å²) in [5, 5.41) is 8.60. The van der Waals surface area contributed by atoms with E-state index in [1.165, 1.54) is 38.5 Å². The van der Waals surface area contributed by atoms with Gasteiger partial charge in [-0.3, -0.25) is 9.59 Å². The summed E-state index contributed by atoms with van der Waals surface area (Å²) in [5.74, 6) is -0.397. The first-order chi connectivity index (χ1) is 21.8. The molecule has 0 amide bonds. The second kappa shape index (κ2) is 16.8. The van der Waals surface area contributed by atoms with Crippen LogP contribution in [0, 0.1) is 11.6 Å². The fraction of sp³-hybridized carbons (Fsp3) is 0.333. The van der Waals surface area contributed by atoms with E-state index in [1.54, 1.807) is 36.7 Å². The summed E-state index contributed by atoms with van der Waals surface area (Å²) in [7, 11) is 3.05. The van der Waals surface area contributed by atoms with E-state index in [1.807, 2.05) is 27.7 Å². The third-order valence-corrected chi connectivity index (χ3v) is 7.60. The molecule has 0 radical (unpaired) electrons. The number of hydrogen-bond donors (Lipinski definition) is 1. The fourth-order valence-corrected chi connectivity index (χ4v) is 5.35. The van der Waals surface area contributed by atoms with Crippen molar-refractivity contribution in [1.82, 2.24) is 9.97 Å². The number of methoxy groups -OCH3 is 2. The average Bonchev–Trinajstić information content (AvgIpc) is 3.02. The van der Waals surface area contributed by atoms with Gasteiger partial charge >= 0.3 is 5.97 Å². The maximum atomic E-state index is 14.1. The van der Waals surface area contributed by atoms with Gasteiger partial charge in [-0.1, -0.05) is 27.7 Å². The minimum absolute atomic E-state index is 0.000566. The minimum atomic E-state index is -0.873. The Kier molecular flexibility index (Phi) is 13.2. The van der Waals surface area contributed by atoms with E-state index in [-0.39, 0.29) is 36.3 Å². The lowest BCUT2D eigenvalue weighted by atomic mass is 9.88. The Morgan fingerprint density at radius 3 is 1.50 bits per heavy atom. The highest BCUT2D eigenvalue weighted by atomic mass is 35.5. The van der Waals surface area contributed by atoms with Gasteiger partial charge in [0.1, 0.15) is 11.6 Å². The van der Waals surface area contributed by atoms with Crippen LogP contribution in [0.2, 0.25) is 0 Å². The number of ether oxygens (including phenoxy) is 2. The lowest BCUT2D eigenvalue weighted by Crippen LogP contribution is -2.05. The van der Waals surface area contributed by atoms with Crippen LogP contribution in [-0.4, -0.2) is 40.5 Å². The molecular formula is C36H39ClF2N2O5. The molecule has 0 atom stereocenters. The molecule has 10 heteroatoms. The van der Waals surface area contributed by atoms with Crippen molar-refractivity contribution in [3.8, 4) is 34.0 Å². The van der Waals surface area contributed by atoms with Crippen LogP contribution in [-0.2, 0) is 22.4 Å². The zero-order chi connectivity index (χ0) is 34.0. The summed E-state index contributed by atoms with van der Waals surface area (Å²) in [6.07, 6.45) is 4.24. The Balaban J connectivity index is 0.000000250. The van der Waals surface area contributed by atoms with Crippen LogP contribution in [0.1, 0.15) is 74.6 Å². The number of halogens is 3. The number of benzene rings is 2. The molecule has 0 saturated carbocycles. The predicted molar refractivity (Wildman–Crippen MR) is 176 cm³/mol. The fourth-order valence-electron chi connectivity index (χ4n) is 5.25. The molecule has 0 aliphatic carbocycles. The zero-order valence-electron chi connectivity index (χ0n) is 26.9. The van der Waals surface area contributed by atoms with Crippen molar-refractivity contribution in [2.24, 2.45) is 0 Å². The lowest BCUT2D eigenvalue weighted by molar-refractivity contribution is -0.137. The van der Waals surface area contributed by atoms with E-state index in [0.29, 0.717) is 30.2 Å². The summed E-state index contributed by atoms with van der Waals surface area (Å²) in [6, 6.07) is 13.0. The van der Waals surface area contributed by atoms with Gasteiger partial charge in [0.05, 0.1) is 14.2 Å². The molecular weight excluding hydrogens is 614 g/mol. The molecule has 2 heterocycles. The van der Waals surface area contributed by atoms with Crippen LogP contribution in [0.25, 0.3) is 22.3 Å². The first kappa shape index (κ1) is 36.1. The van der Waals surface area contributed by atoms with Gasteiger partial charge < -0.3 is 14.6 Å². The molecule has 0 fully saturated rings. The molecule has 2 aromatic heterocycles. The number of nitrogens with zero attached hydrogens (tertiary/aromatic N) is 2. The molecule has 0 spiro atoms. The van der Waals surface area contributed by atoms with Gasteiger partial charge in [0.25, 0.3) is 0 Å². The van der Waals surface area contributed by atoms with Crippen LogP contribution in [0.4, 0.5) is 8.78 Å². The largest absolute Gasteiger partial charge is 0.481 e. The third kappa shape index (κ3) is 9.81. The third-order valence-electron chi connectivity index (χ3n) is 7.41. The summed E-state index contributed by atoms with van der Waals surface area (Å²) in [4.78, 5) is 30.3.